The van der Waals surface area contributed by atoms with E-state index in [1.807, 2.05) is 37.3 Å². The van der Waals surface area contributed by atoms with Crippen LogP contribution in [-0.2, 0) is 4.79 Å². The molecule has 0 radical (unpaired) electrons. The molecule has 32 heavy (non-hydrogen) atoms. The summed E-state index contributed by atoms with van der Waals surface area (Å²) >= 11 is 6.45. The van der Waals surface area contributed by atoms with E-state index in [9.17, 15) is 9.18 Å². The fourth-order valence-electron chi connectivity index (χ4n) is 3.64. The summed E-state index contributed by atoms with van der Waals surface area (Å²) in [6.45, 7) is 5.47. The summed E-state index contributed by atoms with van der Waals surface area (Å²) in [4.78, 5) is 12.0. The molecule has 4 aromatic rings. The third-order valence-corrected chi connectivity index (χ3v) is 5.36. The van der Waals surface area contributed by atoms with Gasteiger partial charge in [0.15, 0.2) is 0 Å². The van der Waals surface area contributed by atoms with E-state index in [1.54, 1.807) is 18.2 Å². The van der Waals surface area contributed by atoms with Gasteiger partial charge in [-0.25, -0.2) is 9.18 Å². The van der Waals surface area contributed by atoms with Crippen molar-refractivity contribution < 1.29 is 13.9 Å². The maximum absolute atomic E-state index is 13.8. The zero-order valence-corrected chi connectivity index (χ0v) is 18.0. The second kappa shape index (κ2) is 9.16. The molecule has 4 rings (SSSR count). The minimum Gasteiger partial charge on any atom is -0.423 e. The molecule has 7 heteroatoms. The summed E-state index contributed by atoms with van der Waals surface area (Å²) in [5, 5.41) is 11.2. The predicted molar refractivity (Wildman–Crippen MR) is 124 cm³/mol. The Labute approximate surface area is 189 Å². The van der Waals surface area contributed by atoms with E-state index in [4.69, 9.17) is 16.3 Å². The SMILES string of the molecule is C=CC(=O)Oc1ccccc1/C(=C(\CC)c1ccc(F)cc1Cl)c1ccc2n[nH]nc2c1. The van der Waals surface area contributed by atoms with Gasteiger partial charge in [0.25, 0.3) is 0 Å². The van der Waals surface area contributed by atoms with Crippen LogP contribution in [0.25, 0.3) is 22.2 Å². The van der Waals surface area contributed by atoms with Gasteiger partial charge < -0.3 is 4.74 Å². The second-order valence-electron chi connectivity index (χ2n) is 6.98. The number of carbonyl (C=O) groups excluding carboxylic acids is 1. The smallest absolute Gasteiger partial charge is 0.335 e. The zero-order chi connectivity index (χ0) is 22.7. The van der Waals surface area contributed by atoms with Gasteiger partial charge in [0.2, 0.25) is 0 Å². The molecule has 0 aliphatic carbocycles. The topological polar surface area (TPSA) is 67.9 Å². The molecule has 3 aromatic carbocycles. The van der Waals surface area contributed by atoms with Crippen LogP contribution in [0.2, 0.25) is 5.02 Å². The van der Waals surface area contributed by atoms with Crippen molar-refractivity contribution in [3.8, 4) is 5.75 Å². The molecule has 1 heterocycles. The molecule has 0 saturated carbocycles. The number of aromatic amines is 1. The van der Waals surface area contributed by atoms with E-state index >= 15 is 0 Å². The predicted octanol–water partition coefficient (Wildman–Crippen LogP) is 6.21. The first-order valence-electron chi connectivity index (χ1n) is 9.95. The number of fused-ring (bicyclic) bond motifs is 1. The highest BCUT2D eigenvalue weighted by Gasteiger charge is 2.20. The van der Waals surface area contributed by atoms with Gasteiger partial charge in [-0.2, -0.15) is 15.4 Å². The Morgan fingerprint density at radius 1 is 1.09 bits per heavy atom. The Hall–Kier alpha value is -3.77. The number of halogens is 2. The van der Waals surface area contributed by atoms with Crippen molar-refractivity contribution in [2.45, 2.75) is 13.3 Å². The number of hydrogen-bond acceptors (Lipinski definition) is 4. The molecule has 0 saturated heterocycles. The fraction of sp³-hybridized carbons (Fsp3) is 0.0800. The monoisotopic (exact) mass is 447 g/mol. The van der Waals surface area contributed by atoms with Crippen LogP contribution in [0.15, 0.2) is 73.3 Å². The third-order valence-electron chi connectivity index (χ3n) is 5.05. The van der Waals surface area contributed by atoms with Crippen LogP contribution in [0, 0.1) is 5.82 Å². The van der Waals surface area contributed by atoms with Gasteiger partial charge in [-0.1, -0.05) is 55.4 Å². The molecule has 0 amide bonds. The number of nitrogens with one attached hydrogen (secondary N) is 1. The molecule has 5 nitrogen and oxygen atoms in total. The lowest BCUT2D eigenvalue weighted by atomic mass is 9.87. The molecule has 0 bridgehead atoms. The van der Waals surface area contributed by atoms with E-state index in [0.29, 0.717) is 33.8 Å². The van der Waals surface area contributed by atoms with Crippen LogP contribution in [-0.4, -0.2) is 21.4 Å². The van der Waals surface area contributed by atoms with Gasteiger partial charge in [0, 0.05) is 11.6 Å². The van der Waals surface area contributed by atoms with E-state index in [-0.39, 0.29) is 0 Å². The van der Waals surface area contributed by atoms with Crippen molar-refractivity contribution in [3.63, 3.8) is 0 Å². The molecule has 1 aromatic heterocycles. The fourth-order valence-corrected chi connectivity index (χ4v) is 3.92. The number of para-hydroxylation sites is 1. The lowest BCUT2D eigenvalue weighted by molar-refractivity contribution is -0.128. The van der Waals surface area contributed by atoms with E-state index in [0.717, 1.165) is 28.3 Å². The van der Waals surface area contributed by atoms with E-state index in [1.165, 1.54) is 12.1 Å². The molecule has 0 aliphatic heterocycles. The molecule has 0 atom stereocenters. The van der Waals surface area contributed by atoms with Crippen LogP contribution in [0.5, 0.6) is 5.75 Å². The van der Waals surface area contributed by atoms with Crippen molar-refractivity contribution >= 4 is 39.7 Å². The van der Waals surface area contributed by atoms with Crippen molar-refractivity contribution in [2.75, 3.05) is 0 Å². The minimum atomic E-state index is -0.568. The summed E-state index contributed by atoms with van der Waals surface area (Å²) < 4.78 is 19.3. The summed E-state index contributed by atoms with van der Waals surface area (Å²) in [6.07, 6.45) is 1.69. The second-order valence-corrected chi connectivity index (χ2v) is 7.39. The van der Waals surface area contributed by atoms with Crippen molar-refractivity contribution in [2.24, 2.45) is 0 Å². The molecule has 160 valence electrons. The van der Waals surface area contributed by atoms with Gasteiger partial charge >= 0.3 is 5.97 Å². The first-order chi connectivity index (χ1) is 15.5. The Morgan fingerprint density at radius 2 is 1.88 bits per heavy atom. The quantitative estimate of drug-likeness (QED) is 0.165. The molecular formula is C25H19ClFN3O2. The van der Waals surface area contributed by atoms with Gasteiger partial charge in [-0.3, -0.25) is 0 Å². The summed E-state index contributed by atoms with van der Waals surface area (Å²) in [6, 6.07) is 17.2. The molecular weight excluding hydrogens is 429 g/mol. The lowest BCUT2D eigenvalue weighted by Crippen LogP contribution is -2.06. The number of rotatable bonds is 6. The molecule has 0 unspecified atom stereocenters. The lowest BCUT2D eigenvalue weighted by Gasteiger charge is -2.19. The maximum Gasteiger partial charge on any atom is 0.335 e. The van der Waals surface area contributed by atoms with Crippen LogP contribution < -0.4 is 4.74 Å². The van der Waals surface area contributed by atoms with Crippen LogP contribution in [0.3, 0.4) is 0 Å². The van der Waals surface area contributed by atoms with Gasteiger partial charge in [-0.05, 0) is 59.0 Å². The highest BCUT2D eigenvalue weighted by atomic mass is 35.5. The number of allylic oxidation sites excluding steroid dienone is 1. The van der Waals surface area contributed by atoms with E-state index < -0.39 is 11.8 Å². The summed E-state index contributed by atoms with van der Waals surface area (Å²) in [7, 11) is 0. The van der Waals surface area contributed by atoms with Crippen LogP contribution in [0.4, 0.5) is 4.39 Å². The number of aromatic nitrogens is 3. The molecule has 0 fully saturated rings. The molecule has 1 N–H and O–H groups in total. The first kappa shape index (κ1) is 21.5. The van der Waals surface area contributed by atoms with E-state index in [2.05, 4.69) is 22.0 Å². The van der Waals surface area contributed by atoms with Crippen molar-refractivity contribution in [1.82, 2.24) is 15.4 Å². The Kier molecular flexibility index (Phi) is 6.14. The molecule has 0 aliphatic rings. The van der Waals surface area contributed by atoms with Gasteiger partial charge in [-0.15, -0.1) is 0 Å². The number of ether oxygens (including phenoxy) is 1. The Balaban J connectivity index is 2.04. The summed E-state index contributed by atoms with van der Waals surface area (Å²) in [5.41, 5.74) is 5.25. The average Bonchev–Trinajstić information content (AvgIpc) is 3.26. The van der Waals surface area contributed by atoms with Crippen LogP contribution in [0.1, 0.15) is 30.0 Å². The summed E-state index contributed by atoms with van der Waals surface area (Å²) in [5.74, 6) is -0.612. The third kappa shape index (κ3) is 4.18. The highest BCUT2D eigenvalue weighted by molar-refractivity contribution is 6.32. The number of H-pyrrole nitrogens is 1. The van der Waals surface area contributed by atoms with Crippen molar-refractivity contribution in [3.05, 3.63) is 101 Å². The number of benzene rings is 3. The van der Waals surface area contributed by atoms with Crippen LogP contribution >= 0.6 is 11.6 Å². The normalized spacial score (nSPS) is 11.8. The highest BCUT2D eigenvalue weighted by Crippen LogP contribution is 2.41. The number of hydrogen-bond donors (Lipinski definition) is 1. The first-order valence-corrected chi connectivity index (χ1v) is 10.3. The Morgan fingerprint density at radius 3 is 2.62 bits per heavy atom. The standard InChI is InChI=1S/C25H19ClFN3O2/c1-3-17(18-11-10-16(27)14-20(18)26)25(15-9-12-21-22(13-15)29-30-28-21)19-7-5-6-8-23(19)32-24(31)4-2/h4-14H,2-3H2,1H3,(H,28,29,30)/b25-17+. The number of carbonyl (C=O) groups is 1. The maximum atomic E-state index is 13.8. The van der Waals surface area contributed by atoms with Gasteiger partial charge in [0.1, 0.15) is 22.6 Å². The number of nitrogens with zero attached hydrogens (tertiary/aromatic N) is 2. The van der Waals surface area contributed by atoms with Gasteiger partial charge in [0.05, 0.1) is 5.02 Å². The number of esters is 1. The Bertz CT molecular complexity index is 1360. The minimum absolute atomic E-state index is 0.294. The van der Waals surface area contributed by atoms with Crippen molar-refractivity contribution in [1.29, 1.82) is 0 Å². The molecule has 0 spiro atoms. The average molecular weight is 448 g/mol. The largest absolute Gasteiger partial charge is 0.423 e. The zero-order valence-electron chi connectivity index (χ0n) is 17.2.